The number of nitrogen functional groups attached to an aromatic ring is 1. The second-order valence-corrected chi connectivity index (χ2v) is 9.23. The molecule has 2 aromatic rings. The quantitative estimate of drug-likeness (QED) is 0.400. The lowest BCUT2D eigenvalue weighted by molar-refractivity contribution is 0.451. The summed E-state index contributed by atoms with van der Waals surface area (Å²) in [6.07, 6.45) is 3.43. The zero-order valence-electron chi connectivity index (χ0n) is 15.3. The third-order valence-electron chi connectivity index (χ3n) is 4.52. The van der Waals surface area contributed by atoms with E-state index in [9.17, 15) is 17.2 Å². The van der Waals surface area contributed by atoms with Crippen LogP contribution in [0.25, 0.3) is 0 Å². The van der Waals surface area contributed by atoms with Gasteiger partial charge in [0.2, 0.25) is 16.0 Å². The summed E-state index contributed by atoms with van der Waals surface area (Å²) in [6, 6.07) is 1.74. The Morgan fingerprint density at radius 2 is 2.00 bits per heavy atom. The molecule has 0 spiro atoms. The first-order chi connectivity index (χ1) is 13.6. The zero-order chi connectivity index (χ0) is 21.3. The molecule has 0 aliphatic carbocycles. The molecule has 1 aliphatic rings. The van der Waals surface area contributed by atoms with Gasteiger partial charge in [0, 0.05) is 6.20 Å². The zero-order valence-corrected chi connectivity index (χ0v) is 17.7. The fourth-order valence-electron chi connectivity index (χ4n) is 3.16. The van der Waals surface area contributed by atoms with Crippen LogP contribution < -0.4 is 15.4 Å². The second kappa shape index (κ2) is 8.42. The minimum atomic E-state index is -3.68. The molecule has 7 nitrogen and oxygen atoms in total. The maximum absolute atomic E-state index is 14.2. The van der Waals surface area contributed by atoms with Gasteiger partial charge in [-0.1, -0.05) is 23.8 Å². The Morgan fingerprint density at radius 3 is 2.59 bits per heavy atom. The number of nitrogens with two attached hydrogens (primary N) is 1. The summed E-state index contributed by atoms with van der Waals surface area (Å²) < 4.78 is 53.7. The highest BCUT2D eigenvalue weighted by Crippen LogP contribution is 2.28. The number of halogens is 3. The van der Waals surface area contributed by atoms with Crippen LogP contribution in [-0.4, -0.2) is 48.6 Å². The Labute approximate surface area is 177 Å². The van der Waals surface area contributed by atoms with E-state index in [4.69, 9.17) is 29.6 Å². The average Bonchev–Trinajstić information content (AvgIpc) is 2.65. The standard InChI is InChI=1S/C17H18ClF2N5O2S2/c1-29(26,27)25(9-4-6-22-7-5-9)17-23-8-10(16(21)24-17)15(28)13-11(18)2-3-12(19)14(13)20/h2-3,8-9,22H,4-7H2,1H3,(H2,21,23,24). The van der Waals surface area contributed by atoms with Crippen LogP contribution >= 0.6 is 23.8 Å². The third kappa shape index (κ3) is 4.47. The Balaban J connectivity index is 2.02. The van der Waals surface area contributed by atoms with Gasteiger partial charge >= 0.3 is 0 Å². The highest BCUT2D eigenvalue weighted by molar-refractivity contribution is 7.92. The fraction of sp³-hybridized carbons (Fsp3) is 0.353. The summed E-state index contributed by atoms with van der Waals surface area (Å²) in [6.45, 7) is 1.32. The number of aromatic nitrogens is 2. The number of benzene rings is 1. The smallest absolute Gasteiger partial charge is 0.241 e. The molecule has 1 aliphatic heterocycles. The van der Waals surface area contributed by atoms with Crippen LogP contribution in [-0.2, 0) is 10.0 Å². The van der Waals surface area contributed by atoms with E-state index in [0.29, 0.717) is 25.9 Å². The SMILES string of the molecule is CS(=O)(=O)N(c1ncc(C(=S)c2c(Cl)ccc(F)c2F)c(N)n1)C1CCNCC1. The number of nitrogens with one attached hydrogen (secondary N) is 1. The molecule has 1 fully saturated rings. The summed E-state index contributed by atoms with van der Waals surface area (Å²) >= 11 is 11.2. The summed E-state index contributed by atoms with van der Waals surface area (Å²) in [7, 11) is -3.68. The fourth-order valence-corrected chi connectivity index (χ4v) is 4.95. The number of anilines is 2. The molecule has 2 heterocycles. The lowest BCUT2D eigenvalue weighted by Gasteiger charge is -2.32. The minimum Gasteiger partial charge on any atom is -0.383 e. The Hall–Kier alpha value is -1.95. The number of hydrogen-bond acceptors (Lipinski definition) is 7. The van der Waals surface area contributed by atoms with Gasteiger partial charge in [0.15, 0.2) is 11.6 Å². The normalized spacial score (nSPS) is 15.3. The van der Waals surface area contributed by atoms with Gasteiger partial charge in [-0.3, -0.25) is 0 Å². The van der Waals surface area contributed by atoms with E-state index in [1.54, 1.807) is 0 Å². The molecule has 0 atom stereocenters. The van der Waals surface area contributed by atoms with Crippen molar-refractivity contribution in [1.82, 2.24) is 15.3 Å². The van der Waals surface area contributed by atoms with Gasteiger partial charge in [-0.2, -0.15) is 4.98 Å². The van der Waals surface area contributed by atoms with Crippen LogP contribution in [0.2, 0.25) is 5.02 Å². The van der Waals surface area contributed by atoms with Gasteiger partial charge < -0.3 is 11.1 Å². The summed E-state index contributed by atoms with van der Waals surface area (Å²) in [5.74, 6) is -2.59. The van der Waals surface area contributed by atoms with Crippen molar-refractivity contribution in [2.45, 2.75) is 18.9 Å². The molecule has 0 amide bonds. The molecule has 3 rings (SSSR count). The molecule has 12 heteroatoms. The topological polar surface area (TPSA) is 101 Å². The number of piperidine rings is 1. The highest BCUT2D eigenvalue weighted by Gasteiger charge is 2.31. The number of thiocarbonyl (C=S) groups is 1. The van der Waals surface area contributed by atoms with E-state index in [1.165, 1.54) is 12.3 Å². The molecule has 0 bridgehead atoms. The van der Waals surface area contributed by atoms with E-state index in [2.05, 4.69) is 15.3 Å². The largest absolute Gasteiger partial charge is 0.383 e. The van der Waals surface area contributed by atoms with Crippen molar-refractivity contribution in [1.29, 1.82) is 0 Å². The van der Waals surface area contributed by atoms with E-state index >= 15 is 0 Å². The average molecular weight is 462 g/mol. The van der Waals surface area contributed by atoms with Crippen LogP contribution in [0.4, 0.5) is 20.5 Å². The summed E-state index contributed by atoms with van der Waals surface area (Å²) in [4.78, 5) is 8.01. The monoisotopic (exact) mass is 461 g/mol. The van der Waals surface area contributed by atoms with Crippen molar-refractivity contribution in [2.75, 3.05) is 29.4 Å². The molecule has 0 saturated carbocycles. The van der Waals surface area contributed by atoms with Crippen molar-refractivity contribution in [3.8, 4) is 0 Å². The van der Waals surface area contributed by atoms with Crippen LogP contribution in [0.15, 0.2) is 18.3 Å². The van der Waals surface area contributed by atoms with Crippen molar-refractivity contribution < 1.29 is 17.2 Å². The van der Waals surface area contributed by atoms with Gasteiger partial charge in [-0.25, -0.2) is 26.5 Å². The minimum absolute atomic E-state index is 0.0499. The number of nitrogens with zero attached hydrogens (tertiary/aromatic N) is 3. The summed E-state index contributed by atoms with van der Waals surface area (Å²) in [5.41, 5.74) is 5.70. The van der Waals surface area contributed by atoms with E-state index in [0.717, 1.165) is 16.6 Å². The first-order valence-corrected chi connectivity index (χ1v) is 11.3. The molecular formula is C17H18ClF2N5O2S2. The van der Waals surface area contributed by atoms with Crippen LogP contribution in [0.3, 0.4) is 0 Å². The van der Waals surface area contributed by atoms with Crippen LogP contribution in [0.1, 0.15) is 24.0 Å². The van der Waals surface area contributed by atoms with Gasteiger partial charge in [0.1, 0.15) is 5.82 Å². The lowest BCUT2D eigenvalue weighted by Crippen LogP contribution is -2.46. The number of sulfonamides is 1. The van der Waals surface area contributed by atoms with Gasteiger partial charge in [-0.15, -0.1) is 0 Å². The van der Waals surface area contributed by atoms with Gasteiger partial charge in [0.25, 0.3) is 0 Å². The van der Waals surface area contributed by atoms with Crippen LogP contribution in [0.5, 0.6) is 0 Å². The first kappa shape index (κ1) is 21.8. The Bertz CT molecular complexity index is 1060. The lowest BCUT2D eigenvalue weighted by atomic mass is 10.1. The van der Waals surface area contributed by atoms with Crippen molar-refractivity contribution in [2.24, 2.45) is 0 Å². The third-order valence-corrected chi connectivity index (χ3v) is 6.43. The van der Waals surface area contributed by atoms with E-state index < -0.39 is 21.7 Å². The Kier molecular flexibility index (Phi) is 6.32. The number of rotatable bonds is 5. The summed E-state index contributed by atoms with van der Waals surface area (Å²) in [5, 5.41) is 3.07. The van der Waals surface area contributed by atoms with E-state index in [1.807, 2.05) is 0 Å². The second-order valence-electron chi connectivity index (χ2n) is 6.56. The maximum atomic E-state index is 14.2. The van der Waals surface area contributed by atoms with Gasteiger partial charge in [0.05, 0.1) is 33.3 Å². The van der Waals surface area contributed by atoms with Gasteiger partial charge in [-0.05, 0) is 38.1 Å². The van der Waals surface area contributed by atoms with E-state index in [-0.39, 0.29) is 38.8 Å². The van der Waals surface area contributed by atoms with Crippen molar-refractivity contribution in [3.05, 3.63) is 46.1 Å². The first-order valence-electron chi connectivity index (χ1n) is 8.62. The maximum Gasteiger partial charge on any atom is 0.241 e. The molecule has 29 heavy (non-hydrogen) atoms. The van der Waals surface area contributed by atoms with Crippen molar-refractivity contribution in [3.63, 3.8) is 0 Å². The molecule has 0 radical (unpaired) electrons. The molecular weight excluding hydrogens is 444 g/mol. The molecule has 1 saturated heterocycles. The molecule has 1 aromatic carbocycles. The molecule has 3 N–H and O–H groups in total. The van der Waals surface area contributed by atoms with Crippen molar-refractivity contribution >= 4 is 50.5 Å². The molecule has 156 valence electrons. The molecule has 0 unspecified atom stereocenters. The number of hydrogen-bond donors (Lipinski definition) is 2. The molecule has 1 aromatic heterocycles. The van der Waals surface area contributed by atoms with Crippen LogP contribution in [0, 0.1) is 11.6 Å². The Morgan fingerprint density at radius 1 is 1.34 bits per heavy atom. The predicted octanol–water partition coefficient (Wildman–Crippen LogP) is 2.27. The predicted molar refractivity (Wildman–Crippen MR) is 112 cm³/mol. The highest BCUT2D eigenvalue weighted by atomic mass is 35.5.